The van der Waals surface area contributed by atoms with Gasteiger partial charge in [0.25, 0.3) is 5.89 Å². The van der Waals surface area contributed by atoms with E-state index in [9.17, 15) is 0 Å². The fraction of sp³-hybridized carbons (Fsp3) is 0.300. The van der Waals surface area contributed by atoms with Crippen molar-refractivity contribution in [2.45, 2.75) is 38.3 Å². The minimum atomic E-state index is -0.416. The molecule has 1 aliphatic carbocycles. The van der Waals surface area contributed by atoms with Gasteiger partial charge in [-0.05, 0) is 49.9 Å². The van der Waals surface area contributed by atoms with E-state index in [1.54, 1.807) is 0 Å². The number of hydrogen-bond donors (Lipinski definition) is 1. The van der Waals surface area contributed by atoms with E-state index in [-0.39, 0.29) is 0 Å². The molecule has 1 heterocycles. The maximum atomic E-state index is 6.26. The van der Waals surface area contributed by atoms with Crippen LogP contribution in [0.2, 0.25) is 0 Å². The van der Waals surface area contributed by atoms with Crippen molar-refractivity contribution in [3.63, 3.8) is 0 Å². The molecule has 2 N–H and O–H groups in total. The molecule has 0 amide bonds. The number of nitrogens with two attached hydrogens (primary N) is 1. The maximum absolute atomic E-state index is 6.26. The van der Waals surface area contributed by atoms with Crippen LogP contribution in [0.1, 0.15) is 36.2 Å². The summed E-state index contributed by atoms with van der Waals surface area (Å²) in [6, 6.07) is 16.0. The Bertz CT molecular complexity index is 884. The van der Waals surface area contributed by atoms with Crippen LogP contribution in [0.5, 0.6) is 5.75 Å². The molecule has 0 unspecified atom stereocenters. The fourth-order valence-corrected chi connectivity index (χ4v) is 3.01. The van der Waals surface area contributed by atoms with Gasteiger partial charge in [0.05, 0.1) is 5.54 Å². The Morgan fingerprint density at radius 2 is 2.00 bits per heavy atom. The third-order valence-corrected chi connectivity index (χ3v) is 4.69. The molecule has 1 aromatic heterocycles. The van der Waals surface area contributed by atoms with Crippen molar-refractivity contribution in [1.29, 1.82) is 0 Å². The average Bonchev–Trinajstić information content (AvgIpc) is 3.09. The van der Waals surface area contributed by atoms with Crippen LogP contribution in [0.15, 0.2) is 53.1 Å². The standard InChI is InChI=1S/C20H21N3O2/c1-14-5-2-6-15(11-14)13-24-17-8-3-7-16(12-17)18-22-19(23-25-18)20(21)9-4-10-20/h2-3,5-8,11-12H,4,9-10,13,21H2,1H3. The van der Waals surface area contributed by atoms with Gasteiger partial charge in [0.15, 0.2) is 5.82 Å². The second-order valence-electron chi connectivity index (χ2n) is 6.74. The first-order chi connectivity index (χ1) is 12.1. The largest absolute Gasteiger partial charge is 0.489 e. The molecule has 0 spiro atoms. The van der Waals surface area contributed by atoms with Crippen molar-refractivity contribution in [2.75, 3.05) is 0 Å². The summed E-state index contributed by atoms with van der Waals surface area (Å²) in [6.45, 7) is 2.59. The van der Waals surface area contributed by atoms with Crippen molar-refractivity contribution < 1.29 is 9.26 Å². The summed E-state index contributed by atoms with van der Waals surface area (Å²) in [5, 5.41) is 4.07. The molecule has 0 aliphatic heterocycles. The zero-order chi connectivity index (χ0) is 17.3. The van der Waals surface area contributed by atoms with Gasteiger partial charge in [0.1, 0.15) is 12.4 Å². The number of nitrogens with zero attached hydrogens (tertiary/aromatic N) is 2. The van der Waals surface area contributed by atoms with Crippen molar-refractivity contribution in [3.05, 3.63) is 65.5 Å². The molecule has 0 radical (unpaired) electrons. The molecule has 4 rings (SSSR count). The summed E-state index contributed by atoms with van der Waals surface area (Å²) >= 11 is 0. The molecular formula is C20H21N3O2. The second kappa shape index (κ2) is 6.33. The van der Waals surface area contributed by atoms with Crippen LogP contribution in [0.3, 0.4) is 0 Å². The molecule has 3 aromatic rings. The van der Waals surface area contributed by atoms with Gasteiger partial charge < -0.3 is 15.0 Å². The van der Waals surface area contributed by atoms with E-state index in [0.29, 0.717) is 18.3 Å². The van der Waals surface area contributed by atoms with E-state index >= 15 is 0 Å². The van der Waals surface area contributed by atoms with Crippen LogP contribution in [-0.4, -0.2) is 10.1 Å². The second-order valence-corrected chi connectivity index (χ2v) is 6.74. The van der Waals surface area contributed by atoms with Gasteiger partial charge in [-0.3, -0.25) is 0 Å². The van der Waals surface area contributed by atoms with Gasteiger partial charge in [0, 0.05) is 5.56 Å². The van der Waals surface area contributed by atoms with Gasteiger partial charge >= 0.3 is 0 Å². The maximum Gasteiger partial charge on any atom is 0.258 e. The van der Waals surface area contributed by atoms with Crippen LogP contribution in [0, 0.1) is 6.92 Å². The first-order valence-corrected chi connectivity index (χ1v) is 8.54. The molecular weight excluding hydrogens is 314 g/mol. The number of hydrogen-bond acceptors (Lipinski definition) is 5. The van der Waals surface area contributed by atoms with Gasteiger partial charge in [-0.15, -0.1) is 0 Å². The Labute approximate surface area is 146 Å². The number of benzene rings is 2. The summed E-state index contributed by atoms with van der Waals surface area (Å²) in [7, 11) is 0. The van der Waals surface area contributed by atoms with Crippen molar-refractivity contribution in [3.8, 4) is 17.2 Å². The summed E-state index contributed by atoms with van der Waals surface area (Å²) in [5.41, 5.74) is 9.04. The highest BCUT2D eigenvalue weighted by Gasteiger charge is 2.39. The number of ether oxygens (including phenoxy) is 1. The predicted octanol–water partition coefficient (Wildman–Crippen LogP) is 3.96. The molecule has 0 saturated heterocycles. The van der Waals surface area contributed by atoms with Crippen molar-refractivity contribution in [2.24, 2.45) is 5.73 Å². The van der Waals surface area contributed by atoms with E-state index in [1.807, 2.05) is 30.3 Å². The third-order valence-electron chi connectivity index (χ3n) is 4.69. The van der Waals surface area contributed by atoms with E-state index in [0.717, 1.165) is 36.1 Å². The quantitative estimate of drug-likeness (QED) is 0.764. The number of aryl methyl sites for hydroxylation is 1. The minimum Gasteiger partial charge on any atom is -0.489 e. The van der Waals surface area contributed by atoms with Crippen molar-refractivity contribution in [1.82, 2.24) is 10.1 Å². The van der Waals surface area contributed by atoms with Gasteiger partial charge in [0.2, 0.25) is 0 Å². The lowest BCUT2D eigenvalue weighted by Gasteiger charge is -2.34. The summed E-state index contributed by atoms with van der Waals surface area (Å²) in [6.07, 6.45) is 2.93. The molecule has 25 heavy (non-hydrogen) atoms. The highest BCUT2D eigenvalue weighted by Crippen LogP contribution is 2.37. The predicted molar refractivity (Wildman–Crippen MR) is 95.0 cm³/mol. The van der Waals surface area contributed by atoms with Crippen LogP contribution < -0.4 is 10.5 Å². The number of aromatic nitrogens is 2. The van der Waals surface area contributed by atoms with Gasteiger partial charge in [-0.25, -0.2) is 0 Å². The molecule has 0 atom stereocenters. The smallest absolute Gasteiger partial charge is 0.258 e. The van der Waals surface area contributed by atoms with Crippen LogP contribution >= 0.6 is 0 Å². The molecule has 5 nitrogen and oxygen atoms in total. The molecule has 1 fully saturated rings. The first-order valence-electron chi connectivity index (χ1n) is 8.54. The Morgan fingerprint density at radius 1 is 1.16 bits per heavy atom. The Kier molecular flexibility index (Phi) is 4.01. The van der Waals surface area contributed by atoms with Gasteiger partial charge in [-0.1, -0.05) is 41.1 Å². The van der Waals surface area contributed by atoms with Gasteiger partial charge in [-0.2, -0.15) is 4.98 Å². The molecule has 0 bridgehead atoms. The first kappa shape index (κ1) is 15.8. The SMILES string of the molecule is Cc1cccc(COc2cccc(-c3nc(C4(N)CCC4)no3)c2)c1. The third kappa shape index (κ3) is 3.28. The zero-order valence-corrected chi connectivity index (χ0v) is 14.2. The molecule has 1 aliphatic rings. The fourth-order valence-electron chi connectivity index (χ4n) is 3.01. The Morgan fingerprint density at radius 3 is 2.76 bits per heavy atom. The lowest BCUT2D eigenvalue weighted by molar-refractivity contribution is 0.229. The van der Waals surface area contributed by atoms with E-state index in [1.165, 1.54) is 5.56 Å². The van der Waals surface area contributed by atoms with E-state index in [4.69, 9.17) is 15.0 Å². The summed E-state index contributed by atoms with van der Waals surface area (Å²) in [5.74, 6) is 1.84. The van der Waals surface area contributed by atoms with E-state index in [2.05, 4.69) is 35.3 Å². The normalized spacial score (nSPS) is 15.6. The highest BCUT2D eigenvalue weighted by molar-refractivity contribution is 5.55. The number of rotatable bonds is 5. The summed E-state index contributed by atoms with van der Waals surface area (Å²) in [4.78, 5) is 4.49. The molecule has 1 saturated carbocycles. The average molecular weight is 335 g/mol. The zero-order valence-electron chi connectivity index (χ0n) is 14.2. The van der Waals surface area contributed by atoms with E-state index < -0.39 is 5.54 Å². The van der Waals surface area contributed by atoms with Crippen LogP contribution in [0.25, 0.3) is 11.5 Å². The van der Waals surface area contributed by atoms with Crippen LogP contribution in [0.4, 0.5) is 0 Å². The lowest BCUT2D eigenvalue weighted by Crippen LogP contribution is -2.44. The summed E-state index contributed by atoms with van der Waals surface area (Å²) < 4.78 is 11.3. The van der Waals surface area contributed by atoms with Crippen molar-refractivity contribution >= 4 is 0 Å². The topological polar surface area (TPSA) is 74.2 Å². The Hall–Kier alpha value is -2.66. The lowest BCUT2D eigenvalue weighted by atomic mass is 9.77. The minimum absolute atomic E-state index is 0.416. The Balaban J connectivity index is 1.49. The molecule has 2 aromatic carbocycles. The monoisotopic (exact) mass is 335 g/mol. The molecule has 5 heteroatoms. The van der Waals surface area contributed by atoms with Crippen LogP contribution in [-0.2, 0) is 12.1 Å². The highest BCUT2D eigenvalue weighted by atomic mass is 16.5. The molecule has 128 valence electrons.